The normalized spacial score (nSPS) is 10.6. The van der Waals surface area contributed by atoms with Crippen molar-refractivity contribution in [3.8, 4) is 11.5 Å². The molecule has 0 bridgehead atoms. The largest absolute Gasteiger partial charge is 0.457 e. The topological polar surface area (TPSA) is 21.3 Å². The quantitative estimate of drug-likeness (QED) is 0.519. The third-order valence-electron chi connectivity index (χ3n) is 3.06. The Bertz CT molecular complexity index is 572. The number of rotatable bonds is 7. The molecule has 1 N–H and O–H groups in total. The first-order valence-electron chi connectivity index (χ1n) is 7.04. The molecule has 2 aromatic rings. The minimum atomic E-state index is 0.819. The zero-order valence-electron chi connectivity index (χ0n) is 12.4. The standard InChI is InChI=1S/C17H20BrNOS/c1-3-10-19-12-13-4-5-14(18)11-17(13)20-15-6-8-16(21-2)9-7-15/h4-9,11,19H,3,10,12H2,1-2H3. The molecule has 0 unspecified atom stereocenters. The van der Waals surface area contributed by atoms with Crippen molar-refractivity contribution in [2.45, 2.75) is 24.8 Å². The molecule has 0 amide bonds. The summed E-state index contributed by atoms with van der Waals surface area (Å²) >= 11 is 5.24. The van der Waals surface area contributed by atoms with Gasteiger partial charge in [0.25, 0.3) is 0 Å². The van der Waals surface area contributed by atoms with Crippen LogP contribution in [0.4, 0.5) is 0 Å². The fraction of sp³-hybridized carbons (Fsp3) is 0.294. The SMILES string of the molecule is CCCNCc1ccc(Br)cc1Oc1ccc(SC)cc1. The number of hydrogen-bond acceptors (Lipinski definition) is 3. The van der Waals surface area contributed by atoms with Gasteiger partial charge in [-0.15, -0.1) is 11.8 Å². The summed E-state index contributed by atoms with van der Waals surface area (Å²) in [5, 5.41) is 3.42. The molecule has 112 valence electrons. The summed E-state index contributed by atoms with van der Waals surface area (Å²) in [5.74, 6) is 1.76. The van der Waals surface area contributed by atoms with Gasteiger partial charge in [0.2, 0.25) is 0 Å². The molecule has 0 radical (unpaired) electrons. The van der Waals surface area contributed by atoms with E-state index in [1.54, 1.807) is 11.8 Å². The summed E-state index contributed by atoms with van der Waals surface area (Å²) in [6, 6.07) is 14.3. The monoisotopic (exact) mass is 365 g/mol. The van der Waals surface area contributed by atoms with Gasteiger partial charge in [0, 0.05) is 21.5 Å². The van der Waals surface area contributed by atoms with Crippen molar-refractivity contribution >= 4 is 27.7 Å². The smallest absolute Gasteiger partial charge is 0.133 e. The molecule has 2 aromatic carbocycles. The highest BCUT2D eigenvalue weighted by atomic mass is 79.9. The molecule has 0 heterocycles. The summed E-state index contributed by atoms with van der Waals surface area (Å²) in [4.78, 5) is 1.24. The lowest BCUT2D eigenvalue weighted by atomic mass is 10.2. The summed E-state index contributed by atoms with van der Waals surface area (Å²) in [6.45, 7) is 4.00. The molecular formula is C17H20BrNOS. The van der Waals surface area contributed by atoms with E-state index in [4.69, 9.17) is 4.74 Å². The van der Waals surface area contributed by atoms with Crippen molar-refractivity contribution in [2.75, 3.05) is 12.8 Å². The predicted octanol–water partition coefficient (Wildman–Crippen LogP) is 5.46. The maximum absolute atomic E-state index is 6.04. The van der Waals surface area contributed by atoms with Crippen molar-refractivity contribution in [1.29, 1.82) is 0 Å². The Hall–Kier alpha value is -0.970. The third-order valence-corrected chi connectivity index (χ3v) is 4.30. The van der Waals surface area contributed by atoms with Crippen LogP contribution in [0.1, 0.15) is 18.9 Å². The Balaban J connectivity index is 2.14. The maximum atomic E-state index is 6.04. The van der Waals surface area contributed by atoms with Crippen molar-refractivity contribution in [2.24, 2.45) is 0 Å². The average Bonchev–Trinajstić information content (AvgIpc) is 2.50. The fourth-order valence-electron chi connectivity index (χ4n) is 1.94. The second-order valence-electron chi connectivity index (χ2n) is 4.71. The van der Waals surface area contributed by atoms with Gasteiger partial charge in [0.05, 0.1) is 0 Å². The molecule has 0 aromatic heterocycles. The number of hydrogen-bond donors (Lipinski definition) is 1. The summed E-state index contributed by atoms with van der Waals surface area (Å²) in [5.41, 5.74) is 1.17. The van der Waals surface area contributed by atoms with E-state index in [1.165, 1.54) is 10.5 Å². The van der Waals surface area contributed by atoms with Crippen LogP contribution in [-0.4, -0.2) is 12.8 Å². The second-order valence-corrected chi connectivity index (χ2v) is 6.50. The minimum Gasteiger partial charge on any atom is -0.457 e. The first-order valence-corrected chi connectivity index (χ1v) is 9.05. The number of thioether (sulfide) groups is 1. The van der Waals surface area contributed by atoms with E-state index < -0.39 is 0 Å². The maximum Gasteiger partial charge on any atom is 0.133 e. The van der Waals surface area contributed by atoms with Gasteiger partial charge in [-0.2, -0.15) is 0 Å². The summed E-state index contributed by atoms with van der Waals surface area (Å²) < 4.78 is 7.07. The zero-order chi connectivity index (χ0) is 15.1. The first kappa shape index (κ1) is 16.4. The summed E-state index contributed by atoms with van der Waals surface area (Å²) in [7, 11) is 0. The van der Waals surface area contributed by atoms with Gasteiger partial charge in [-0.25, -0.2) is 0 Å². The Kier molecular flexibility index (Phi) is 6.61. The van der Waals surface area contributed by atoms with Crippen LogP contribution in [0.2, 0.25) is 0 Å². The van der Waals surface area contributed by atoms with E-state index in [0.717, 1.165) is 35.5 Å². The first-order chi connectivity index (χ1) is 10.2. The van der Waals surface area contributed by atoms with Crippen LogP contribution >= 0.6 is 27.7 Å². The van der Waals surface area contributed by atoms with E-state index >= 15 is 0 Å². The van der Waals surface area contributed by atoms with Crippen LogP contribution in [0.3, 0.4) is 0 Å². The lowest BCUT2D eigenvalue weighted by Gasteiger charge is -2.12. The Morgan fingerprint density at radius 2 is 1.90 bits per heavy atom. The van der Waals surface area contributed by atoms with Gasteiger partial charge in [-0.05, 0) is 55.6 Å². The van der Waals surface area contributed by atoms with Crippen molar-refractivity contribution < 1.29 is 4.74 Å². The van der Waals surface area contributed by atoms with Gasteiger partial charge >= 0.3 is 0 Å². The van der Waals surface area contributed by atoms with Crippen molar-refractivity contribution in [3.05, 3.63) is 52.5 Å². The molecule has 0 aliphatic rings. The third kappa shape index (κ3) is 5.06. The Labute approximate surface area is 139 Å². The van der Waals surface area contributed by atoms with Gasteiger partial charge in [0.15, 0.2) is 0 Å². The van der Waals surface area contributed by atoms with Crippen LogP contribution in [0, 0.1) is 0 Å². The lowest BCUT2D eigenvalue weighted by Crippen LogP contribution is -2.14. The summed E-state index contributed by atoms with van der Waals surface area (Å²) in [6.07, 6.45) is 3.20. The van der Waals surface area contributed by atoms with E-state index in [1.807, 2.05) is 24.3 Å². The molecular weight excluding hydrogens is 346 g/mol. The fourth-order valence-corrected chi connectivity index (χ4v) is 2.69. The molecule has 0 aliphatic carbocycles. The van der Waals surface area contributed by atoms with Crippen LogP contribution in [-0.2, 0) is 6.54 Å². The van der Waals surface area contributed by atoms with Crippen LogP contribution in [0.15, 0.2) is 51.8 Å². The van der Waals surface area contributed by atoms with Gasteiger partial charge in [-0.1, -0.05) is 28.9 Å². The highest BCUT2D eigenvalue weighted by Gasteiger charge is 2.06. The number of halogens is 1. The number of benzene rings is 2. The zero-order valence-corrected chi connectivity index (χ0v) is 14.8. The highest BCUT2D eigenvalue weighted by molar-refractivity contribution is 9.10. The van der Waals surface area contributed by atoms with Gasteiger partial charge in [0.1, 0.15) is 11.5 Å². The Morgan fingerprint density at radius 3 is 2.57 bits per heavy atom. The van der Waals surface area contributed by atoms with Crippen LogP contribution in [0.5, 0.6) is 11.5 Å². The molecule has 0 aliphatic heterocycles. The number of nitrogens with one attached hydrogen (secondary N) is 1. The van der Waals surface area contributed by atoms with Crippen LogP contribution in [0.25, 0.3) is 0 Å². The van der Waals surface area contributed by atoms with Crippen LogP contribution < -0.4 is 10.1 Å². The molecule has 0 spiro atoms. The van der Waals surface area contributed by atoms with E-state index in [-0.39, 0.29) is 0 Å². The highest BCUT2D eigenvalue weighted by Crippen LogP contribution is 2.29. The second kappa shape index (κ2) is 8.47. The van der Waals surface area contributed by atoms with Crippen molar-refractivity contribution in [3.63, 3.8) is 0 Å². The lowest BCUT2D eigenvalue weighted by molar-refractivity contribution is 0.472. The molecule has 0 saturated carbocycles. The molecule has 4 heteroatoms. The molecule has 0 fully saturated rings. The molecule has 0 saturated heterocycles. The molecule has 0 atom stereocenters. The van der Waals surface area contributed by atoms with Gasteiger partial charge < -0.3 is 10.1 Å². The Morgan fingerprint density at radius 1 is 1.14 bits per heavy atom. The minimum absolute atomic E-state index is 0.819. The number of ether oxygens (including phenoxy) is 1. The molecule has 2 nitrogen and oxygen atoms in total. The predicted molar refractivity (Wildman–Crippen MR) is 94.4 cm³/mol. The molecule has 21 heavy (non-hydrogen) atoms. The van der Waals surface area contributed by atoms with E-state index in [0.29, 0.717) is 0 Å². The van der Waals surface area contributed by atoms with E-state index in [9.17, 15) is 0 Å². The van der Waals surface area contributed by atoms with E-state index in [2.05, 4.69) is 52.6 Å². The molecule has 2 rings (SSSR count). The van der Waals surface area contributed by atoms with Gasteiger partial charge in [-0.3, -0.25) is 0 Å². The average molecular weight is 366 g/mol. The van der Waals surface area contributed by atoms with Crippen molar-refractivity contribution in [1.82, 2.24) is 5.32 Å².